The summed E-state index contributed by atoms with van der Waals surface area (Å²) in [6, 6.07) is 39.3. The number of ether oxygens (including phenoxy) is 1. The van der Waals surface area contributed by atoms with Gasteiger partial charge in [0, 0.05) is 34.5 Å². The largest absolute Gasteiger partial charge is 2.00 e. The molecule has 0 saturated heterocycles. The number of unbranched alkanes of at least 4 members (excludes halogenated alkanes) is 3. The number of aromatic nitrogens is 4. The van der Waals surface area contributed by atoms with Crippen LogP contribution in [0.5, 0.6) is 11.5 Å². The van der Waals surface area contributed by atoms with Crippen molar-refractivity contribution in [3.05, 3.63) is 132 Å². The van der Waals surface area contributed by atoms with Gasteiger partial charge >= 0.3 is 21.1 Å². The molecule has 0 aliphatic rings. The number of aryl methyl sites for hydroxylation is 1. The number of nitrogens with zero attached hydrogens (tertiary/aromatic N) is 4. The third kappa shape index (κ3) is 8.06. The van der Waals surface area contributed by atoms with E-state index in [1.807, 2.05) is 24.4 Å². The maximum absolute atomic E-state index is 6.57. The molecule has 0 aliphatic heterocycles. The number of benzene rings is 4. The van der Waals surface area contributed by atoms with Crippen LogP contribution in [0, 0.1) is 12.1 Å². The van der Waals surface area contributed by atoms with Crippen LogP contribution >= 0.6 is 0 Å². The molecule has 0 bridgehead atoms. The molecule has 7 aromatic rings. The Morgan fingerprint density at radius 2 is 1.51 bits per heavy atom. The summed E-state index contributed by atoms with van der Waals surface area (Å²) in [7, 11) is 0. The van der Waals surface area contributed by atoms with E-state index < -0.39 is 0 Å². The second-order valence-corrected chi connectivity index (χ2v) is 14.6. The van der Waals surface area contributed by atoms with Crippen molar-refractivity contribution in [1.82, 2.24) is 19.3 Å². The maximum Gasteiger partial charge on any atom is 2.00 e. The Kier molecular flexibility index (Phi) is 12.4. The van der Waals surface area contributed by atoms with Crippen molar-refractivity contribution < 1.29 is 25.8 Å². The van der Waals surface area contributed by atoms with Crippen molar-refractivity contribution in [3.8, 4) is 34.1 Å². The predicted molar refractivity (Wildman–Crippen MR) is 215 cm³/mol. The van der Waals surface area contributed by atoms with Crippen molar-refractivity contribution in [2.45, 2.75) is 98.3 Å². The first-order valence-corrected chi connectivity index (χ1v) is 19.2. The van der Waals surface area contributed by atoms with Gasteiger partial charge in [-0.3, -0.25) is 4.68 Å². The number of hydrogen-bond donors (Lipinski definition) is 0. The Morgan fingerprint density at radius 1 is 0.717 bits per heavy atom. The molecular formula is C47H50N4OPt. The van der Waals surface area contributed by atoms with E-state index in [4.69, 9.17) is 14.8 Å². The first-order chi connectivity index (χ1) is 25.4. The third-order valence-corrected chi connectivity index (χ3v) is 10.0. The second-order valence-electron chi connectivity index (χ2n) is 14.6. The molecular weight excluding hydrogens is 832 g/mol. The number of hydrogen-bond acceptors (Lipinski definition) is 3. The number of para-hydroxylation sites is 1. The molecule has 0 aliphatic carbocycles. The first-order valence-electron chi connectivity index (χ1n) is 19.2. The van der Waals surface area contributed by atoms with Gasteiger partial charge in [-0.15, -0.1) is 35.7 Å². The molecule has 3 heterocycles. The molecule has 6 heteroatoms. The quantitative estimate of drug-likeness (QED) is 0.0807. The van der Waals surface area contributed by atoms with Gasteiger partial charge in [-0.05, 0) is 77.1 Å². The normalized spacial score (nSPS) is 11.5. The standard InChI is InChI=1S/C47H50N4O.Pt/c1-7-9-10-11-20-43-46(35-23-21-34(15-8-2)22-24-35)47(33(5)6)49-51(43)37-16-14-17-38(30-37)52-39-25-26-41-40-18-12-13-19-42(40)50(44(41)31-39)45-29-36(32(3)4)27-28-48-45;/h12-14,16-19,21-29,32-33H,7-11,15,20H2,1-6H3;/q-2;+2. The van der Waals surface area contributed by atoms with Crippen LogP contribution in [0.1, 0.15) is 108 Å². The van der Waals surface area contributed by atoms with Gasteiger partial charge in [0.2, 0.25) is 0 Å². The Labute approximate surface area is 329 Å². The van der Waals surface area contributed by atoms with Crippen LogP contribution in [0.3, 0.4) is 0 Å². The molecule has 4 aromatic carbocycles. The number of fused-ring (bicyclic) bond motifs is 3. The van der Waals surface area contributed by atoms with Gasteiger partial charge in [-0.25, -0.2) is 4.98 Å². The summed E-state index contributed by atoms with van der Waals surface area (Å²) in [5.74, 6) is 2.79. The Bertz CT molecular complexity index is 2300. The van der Waals surface area contributed by atoms with E-state index in [2.05, 4.69) is 136 Å². The Morgan fingerprint density at radius 3 is 2.26 bits per heavy atom. The molecule has 0 fully saturated rings. The van der Waals surface area contributed by atoms with Crippen LogP contribution in [0.4, 0.5) is 0 Å². The summed E-state index contributed by atoms with van der Waals surface area (Å²) in [4.78, 5) is 4.80. The van der Waals surface area contributed by atoms with Crippen LogP contribution in [0.2, 0.25) is 0 Å². The average Bonchev–Trinajstić information content (AvgIpc) is 3.70. The van der Waals surface area contributed by atoms with E-state index in [-0.39, 0.29) is 27.0 Å². The number of rotatable bonds is 14. The van der Waals surface area contributed by atoms with Crippen LogP contribution in [-0.4, -0.2) is 19.3 Å². The third-order valence-electron chi connectivity index (χ3n) is 10.0. The predicted octanol–water partition coefficient (Wildman–Crippen LogP) is 12.7. The molecule has 0 spiro atoms. The fourth-order valence-electron chi connectivity index (χ4n) is 7.29. The zero-order valence-corrected chi connectivity index (χ0v) is 34.1. The fraction of sp³-hybridized carbons (Fsp3) is 0.319. The molecule has 0 radical (unpaired) electrons. The second kappa shape index (κ2) is 17.1. The minimum absolute atomic E-state index is 0. The van der Waals surface area contributed by atoms with E-state index in [0.29, 0.717) is 17.4 Å². The van der Waals surface area contributed by atoms with Gasteiger partial charge in [0.05, 0.1) is 5.69 Å². The van der Waals surface area contributed by atoms with Crippen molar-refractivity contribution >= 4 is 21.8 Å². The summed E-state index contributed by atoms with van der Waals surface area (Å²) in [6.45, 7) is 13.4. The van der Waals surface area contributed by atoms with Gasteiger partial charge < -0.3 is 9.30 Å². The molecule has 0 unspecified atom stereocenters. The molecule has 274 valence electrons. The maximum atomic E-state index is 6.57. The van der Waals surface area contributed by atoms with Crippen molar-refractivity contribution in [3.63, 3.8) is 0 Å². The molecule has 0 N–H and O–H groups in total. The average molecular weight is 882 g/mol. The van der Waals surface area contributed by atoms with E-state index in [1.165, 1.54) is 47.2 Å². The summed E-state index contributed by atoms with van der Waals surface area (Å²) >= 11 is 0. The van der Waals surface area contributed by atoms with E-state index in [9.17, 15) is 0 Å². The minimum atomic E-state index is 0. The Balaban J connectivity index is 0.00000481. The van der Waals surface area contributed by atoms with Gasteiger partial charge in [-0.1, -0.05) is 115 Å². The van der Waals surface area contributed by atoms with Crippen LogP contribution < -0.4 is 4.74 Å². The Hall–Kier alpha value is -4.47. The molecule has 0 amide bonds. The van der Waals surface area contributed by atoms with Gasteiger partial charge in [0.25, 0.3) is 0 Å². The molecule has 0 atom stereocenters. The molecule has 7 rings (SSSR count). The minimum Gasteiger partial charge on any atom is -0.509 e. The molecule has 53 heavy (non-hydrogen) atoms. The first kappa shape index (κ1) is 38.3. The number of pyridine rings is 1. The topological polar surface area (TPSA) is 44.9 Å². The molecule has 3 aromatic heterocycles. The molecule has 0 saturated carbocycles. The monoisotopic (exact) mass is 881 g/mol. The van der Waals surface area contributed by atoms with Crippen molar-refractivity contribution in [2.24, 2.45) is 0 Å². The van der Waals surface area contributed by atoms with Crippen molar-refractivity contribution in [1.29, 1.82) is 0 Å². The zero-order chi connectivity index (χ0) is 36.2. The van der Waals surface area contributed by atoms with Gasteiger partial charge in [0.1, 0.15) is 5.82 Å². The molecule has 5 nitrogen and oxygen atoms in total. The van der Waals surface area contributed by atoms with Crippen LogP contribution in [0.15, 0.2) is 97.2 Å². The SMILES string of the molecule is CCCCCCc1c(-c2ccc(CCC)cc2)c(C(C)C)nn1-c1[c-]c(Oc2[c-]c3c(cc2)c2ccccc2n3-c2cc(C(C)C)ccn2)ccc1.[Pt+2]. The zero-order valence-electron chi connectivity index (χ0n) is 31.9. The van der Waals surface area contributed by atoms with Gasteiger partial charge in [0.15, 0.2) is 0 Å². The summed E-state index contributed by atoms with van der Waals surface area (Å²) in [6.07, 6.45) is 9.85. The van der Waals surface area contributed by atoms with Crippen LogP contribution in [0.25, 0.3) is 44.4 Å². The van der Waals surface area contributed by atoms with Gasteiger partial charge in [-0.2, -0.15) is 17.2 Å². The van der Waals surface area contributed by atoms with E-state index in [1.54, 1.807) is 0 Å². The van der Waals surface area contributed by atoms with E-state index in [0.717, 1.165) is 64.7 Å². The fourth-order valence-corrected chi connectivity index (χ4v) is 7.29. The summed E-state index contributed by atoms with van der Waals surface area (Å²) < 4.78 is 10.9. The van der Waals surface area contributed by atoms with Crippen molar-refractivity contribution in [2.75, 3.05) is 0 Å². The van der Waals surface area contributed by atoms with Crippen LogP contribution in [-0.2, 0) is 33.9 Å². The van der Waals surface area contributed by atoms with E-state index >= 15 is 0 Å². The summed E-state index contributed by atoms with van der Waals surface area (Å²) in [5, 5.41) is 7.57. The summed E-state index contributed by atoms with van der Waals surface area (Å²) in [5.41, 5.74) is 10.4. The smallest absolute Gasteiger partial charge is 0.509 e.